The summed E-state index contributed by atoms with van der Waals surface area (Å²) in [6.07, 6.45) is 2.91. The summed E-state index contributed by atoms with van der Waals surface area (Å²) in [5, 5.41) is 12.6. The number of anilines is 1. The number of benzene rings is 1. The van der Waals surface area contributed by atoms with Gasteiger partial charge < -0.3 is 21.1 Å². The van der Waals surface area contributed by atoms with Gasteiger partial charge in [0.15, 0.2) is 0 Å². The lowest BCUT2D eigenvalue weighted by Crippen LogP contribution is -2.40. The van der Waals surface area contributed by atoms with E-state index in [4.69, 9.17) is 5.73 Å². The van der Waals surface area contributed by atoms with Crippen molar-refractivity contribution in [3.8, 4) is 0 Å². The zero-order valence-corrected chi connectivity index (χ0v) is 16.1. The molecule has 0 unspecified atom stereocenters. The minimum atomic E-state index is -1.09. The Kier molecular flexibility index (Phi) is 6.64. The number of nitrogens with zero attached hydrogens (tertiary/aromatic N) is 2. The molecule has 1 aromatic carbocycles. The largest absolute Gasteiger partial charge is 0.481 e. The quantitative estimate of drug-likeness (QED) is 0.631. The number of aliphatic carboxylic acids is 1. The van der Waals surface area contributed by atoms with Gasteiger partial charge in [-0.15, -0.1) is 0 Å². The van der Waals surface area contributed by atoms with E-state index in [2.05, 4.69) is 16.4 Å². The molecule has 0 spiro atoms. The van der Waals surface area contributed by atoms with Gasteiger partial charge in [-0.1, -0.05) is 18.2 Å². The molecule has 2 aromatic rings. The van der Waals surface area contributed by atoms with Crippen LogP contribution in [0, 0.1) is 5.82 Å². The lowest BCUT2D eigenvalue weighted by atomic mass is 10.0. The van der Waals surface area contributed by atoms with Crippen LogP contribution < -0.4 is 11.1 Å². The van der Waals surface area contributed by atoms with Crippen molar-refractivity contribution < 1.29 is 19.1 Å². The number of aromatic nitrogens is 1. The Labute approximate surface area is 168 Å². The summed E-state index contributed by atoms with van der Waals surface area (Å²) in [7, 11) is 0. The van der Waals surface area contributed by atoms with E-state index in [1.165, 1.54) is 28.7 Å². The average Bonchev–Trinajstić information content (AvgIpc) is 2.69. The van der Waals surface area contributed by atoms with E-state index in [0.29, 0.717) is 18.4 Å². The Hall–Kier alpha value is -3.16. The first-order chi connectivity index (χ1) is 13.9. The number of aryl methyl sites for hydroxylation is 2. The number of nitrogens with two attached hydrogens (primary N) is 1. The van der Waals surface area contributed by atoms with E-state index in [0.717, 1.165) is 30.9 Å². The highest BCUT2D eigenvalue weighted by Crippen LogP contribution is 2.26. The van der Waals surface area contributed by atoms with E-state index < -0.39 is 23.9 Å². The number of fused-ring (bicyclic) bond motifs is 1. The van der Waals surface area contributed by atoms with E-state index in [1.807, 2.05) is 6.07 Å². The Morgan fingerprint density at radius 1 is 1.31 bits per heavy atom. The van der Waals surface area contributed by atoms with Gasteiger partial charge in [0.2, 0.25) is 0 Å². The number of hydrogen-bond donors (Lipinski definition) is 3. The van der Waals surface area contributed by atoms with Gasteiger partial charge in [0.1, 0.15) is 11.6 Å². The summed E-state index contributed by atoms with van der Waals surface area (Å²) >= 11 is 0. The predicted octanol–water partition coefficient (Wildman–Crippen LogP) is 3.11. The highest BCUT2D eigenvalue weighted by atomic mass is 19.1. The van der Waals surface area contributed by atoms with E-state index in [-0.39, 0.29) is 13.0 Å². The highest BCUT2D eigenvalue weighted by Gasteiger charge is 2.26. The van der Waals surface area contributed by atoms with Gasteiger partial charge >= 0.3 is 12.0 Å². The van der Waals surface area contributed by atoms with Crippen molar-refractivity contribution in [1.29, 1.82) is 0 Å². The molecule has 1 aliphatic rings. The molecular formula is C21H25FN4O3. The van der Waals surface area contributed by atoms with Gasteiger partial charge in [0, 0.05) is 18.8 Å². The van der Waals surface area contributed by atoms with Crippen molar-refractivity contribution in [3.05, 3.63) is 59.0 Å². The molecule has 2 amide bonds. The van der Waals surface area contributed by atoms with Crippen molar-refractivity contribution in [2.75, 3.05) is 18.4 Å². The van der Waals surface area contributed by atoms with Crippen molar-refractivity contribution in [3.63, 3.8) is 0 Å². The van der Waals surface area contributed by atoms with Crippen LogP contribution in [0.1, 0.15) is 42.1 Å². The molecule has 0 bridgehead atoms. The standard InChI is InChI=1S/C21H25FN4O3/c22-16-6-1-4-15(12-16)18(13-19(27)28)26(21(23)29)11-3-7-17-9-8-14-5-2-10-24-20(14)25-17/h1,4,6,8-9,12,18H,2-3,5,7,10-11,13H2,(H2,23,29)(H,24,25)(H,27,28)/t18-/m0/s1. The summed E-state index contributed by atoms with van der Waals surface area (Å²) in [5.74, 6) is -0.676. The van der Waals surface area contributed by atoms with Gasteiger partial charge in [0.25, 0.3) is 0 Å². The molecule has 2 heterocycles. The number of urea groups is 1. The molecule has 154 valence electrons. The number of carbonyl (C=O) groups is 2. The van der Waals surface area contributed by atoms with Crippen LogP contribution in [0.4, 0.5) is 15.0 Å². The van der Waals surface area contributed by atoms with Crippen LogP contribution in [-0.2, 0) is 17.6 Å². The lowest BCUT2D eigenvalue weighted by molar-refractivity contribution is -0.138. The number of hydrogen-bond acceptors (Lipinski definition) is 4. The normalized spacial score (nSPS) is 13.8. The van der Waals surface area contributed by atoms with Gasteiger partial charge in [-0.2, -0.15) is 0 Å². The van der Waals surface area contributed by atoms with Gasteiger partial charge in [-0.05, 0) is 55.0 Å². The third-order valence-electron chi connectivity index (χ3n) is 5.04. The summed E-state index contributed by atoms with van der Waals surface area (Å²) < 4.78 is 13.6. The minimum Gasteiger partial charge on any atom is -0.481 e. The van der Waals surface area contributed by atoms with E-state index >= 15 is 0 Å². The number of carboxylic acid groups (broad SMARTS) is 1. The number of primary amides is 1. The molecule has 4 N–H and O–H groups in total. The number of pyridine rings is 1. The van der Waals surface area contributed by atoms with Crippen LogP contribution >= 0.6 is 0 Å². The fourth-order valence-corrected chi connectivity index (χ4v) is 3.65. The second-order valence-electron chi connectivity index (χ2n) is 7.14. The molecular weight excluding hydrogens is 375 g/mol. The van der Waals surface area contributed by atoms with Crippen LogP contribution in [0.15, 0.2) is 36.4 Å². The minimum absolute atomic E-state index is 0.246. The van der Waals surface area contributed by atoms with E-state index in [1.54, 1.807) is 6.07 Å². The molecule has 0 saturated carbocycles. The zero-order chi connectivity index (χ0) is 20.8. The van der Waals surface area contributed by atoms with Crippen LogP contribution in [0.2, 0.25) is 0 Å². The molecule has 0 aliphatic carbocycles. The zero-order valence-electron chi connectivity index (χ0n) is 16.1. The number of carbonyl (C=O) groups excluding carboxylic acids is 1. The Morgan fingerprint density at radius 2 is 2.14 bits per heavy atom. The Bertz CT molecular complexity index is 890. The summed E-state index contributed by atoms with van der Waals surface area (Å²) in [4.78, 5) is 29.3. The Morgan fingerprint density at radius 3 is 2.86 bits per heavy atom. The van der Waals surface area contributed by atoms with Crippen molar-refractivity contribution in [2.24, 2.45) is 5.73 Å². The van der Waals surface area contributed by atoms with Crippen molar-refractivity contribution >= 4 is 17.8 Å². The molecule has 8 heteroatoms. The lowest BCUT2D eigenvalue weighted by Gasteiger charge is -2.30. The molecule has 1 aliphatic heterocycles. The molecule has 3 rings (SSSR count). The maximum atomic E-state index is 13.6. The first-order valence-electron chi connectivity index (χ1n) is 9.70. The van der Waals surface area contributed by atoms with Gasteiger partial charge in [-0.3, -0.25) is 4.79 Å². The number of amides is 2. The van der Waals surface area contributed by atoms with E-state index in [9.17, 15) is 19.1 Å². The summed E-state index contributed by atoms with van der Waals surface area (Å²) in [5.41, 5.74) is 8.03. The number of nitrogens with one attached hydrogen (secondary N) is 1. The number of halogens is 1. The number of rotatable bonds is 8. The topological polar surface area (TPSA) is 109 Å². The molecule has 1 aromatic heterocycles. The molecule has 0 saturated heterocycles. The second-order valence-corrected chi connectivity index (χ2v) is 7.14. The van der Waals surface area contributed by atoms with Crippen LogP contribution in [0.25, 0.3) is 0 Å². The van der Waals surface area contributed by atoms with Crippen LogP contribution in [-0.4, -0.2) is 40.1 Å². The SMILES string of the molecule is NC(=O)N(CCCc1ccc2c(n1)NCCC2)[C@@H](CC(=O)O)c1cccc(F)c1. The molecule has 29 heavy (non-hydrogen) atoms. The molecule has 0 radical (unpaired) electrons. The number of carboxylic acids is 1. The average molecular weight is 400 g/mol. The maximum absolute atomic E-state index is 13.6. The maximum Gasteiger partial charge on any atom is 0.315 e. The van der Waals surface area contributed by atoms with Crippen molar-refractivity contribution in [2.45, 2.75) is 38.1 Å². The van der Waals surface area contributed by atoms with Gasteiger partial charge in [-0.25, -0.2) is 14.2 Å². The fraction of sp³-hybridized carbons (Fsp3) is 0.381. The Balaban J connectivity index is 1.70. The molecule has 1 atom stereocenters. The van der Waals surface area contributed by atoms with Crippen LogP contribution in [0.3, 0.4) is 0 Å². The second kappa shape index (κ2) is 9.36. The van der Waals surface area contributed by atoms with Crippen molar-refractivity contribution in [1.82, 2.24) is 9.88 Å². The smallest absolute Gasteiger partial charge is 0.315 e. The van der Waals surface area contributed by atoms with Gasteiger partial charge in [0.05, 0.1) is 12.5 Å². The third kappa shape index (κ3) is 5.43. The fourth-order valence-electron chi connectivity index (χ4n) is 3.65. The predicted molar refractivity (Wildman–Crippen MR) is 107 cm³/mol. The highest BCUT2D eigenvalue weighted by molar-refractivity contribution is 5.74. The summed E-state index contributed by atoms with van der Waals surface area (Å²) in [6.45, 7) is 1.15. The third-order valence-corrected chi connectivity index (χ3v) is 5.04. The summed E-state index contributed by atoms with van der Waals surface area (Å²) in [6, 6.07) is 8.06. The first kappa shape index (κ1) is 20.6. The monoisotopic (exact) mass is 400 g/mol. The first-order valence-corrected chi connectivity index (χ1v) is 9.70. The molecule has 7 nitrogen and oxygen atoms in total. The van der Waals surface area contributed by atoms with Crippen LogP contribution in [0.5, 0.6) is 0 Å². The molecule has 0 fully saturated rings.